The Balaban J connectivity index is 2.03. The first-order chi connectivity index (χ1) is 8.93. The second kappa shape index (κ2) is 5.41. The third kappa shape index (κ3) is 3.11. The first-order valence-corrected chi connectivity index (χ1v) is 7.43. The fraction of sp³-hybridized carbons (Fsp3) is 0.933. The van der Waals surface area contributed by atoms with Crippen molar-refractivity contribution in [1.82, 2.24) is 10.2 Å². The van der Waals surface area contributed by atoms with Crippen molar-refractivity contribution in [3.05, 3.63) is 0 Å². The molecule has 1 aliphatic heterocycles. The van der Waals surface area contributed by atoms with Gasteiger partial charge in [-0.3, -0.25) is 0 Å². The minimum absolute atomic E-state index is 0.0951. The second-order valence-corrected chi connectivity index (χ2v) is 6.93. The zero-order valence-electron chi connectivity index (χ0n) is 12.8. The van der Waals surface area contributed by atoms with Crippen LogP contribution in [0, 0.1) is 11.3 Å². The quantitative estimate of drug-likeness (QED) is 0.770. The molecule has 4 nitrogen and oxygen atoms in total. The van der Waals surface area contributed by atoms with Crippen molar-refractivity contribution in [3.8, 4) is 0 Å². The van der Waals surface area contributed by atoms with Crippen LogP contribution in [0.2, 0.25) is 0 Å². The minimum atomic E-state index is -0.490. The first-order valence-electron chi connectivity index (χ1n) is 7.43. The van der Waals surface area contributed by atoms with Gasteiger partial charge < -0.3 is 15.0 Å². The van der Waals surface area contributed by atoms with Crippen LogP contribution in [0.25, 0.3) is 0 Å². The molecule has 2 aliphatic rings. The fourth-order valence-electron chi connectivity index (χ4n) is 3.17. The van der Waals surface area contributed by atoms with E-state index in [1.807, 2.05) is 7.05 Å². The van der Waals surface area contributed by atoms with Crippen LogP contribution in [0.15, 0.2) is 0 Å². The number of likely N-dealkylation sites (N-methyl/N-ethyl adjacent to an activating group) is 1. The van der Waals surface area contributed by atoms with Gasteiger partial charge in [0.05, 0.1) is 7.11 Å². The Kier molecular flexibility index (Phi) is 4.21. The number of hydrogen-bond donors (Lipinski definition) is 1. The topological polar surface area (TPSA) is 41.6 Å². The van der Waals surface area contributed by atoms with Crippen molar-refractivity contribution in [1.29, 1.82) is 0 Å². The number of nitrogens with one attached hydrogen (secondary N) is 1. The molecule has 2 rings (SSSR count). The highest BCUT2D eigenvalue weighted by molar-refractivity contribution is 5.82. The number of hydrogen-bond acceptors (Lipinski definition) is 4. The standard InChI is InChI=1S/C15H28N2O2/c1-14(2)7-9-17(10-8-14)11-15(16-3,12-5-6-12)13(18)19-4/h12,16H,5-11H2,1-4H3. The highest BCUT2D eigenvalue weighted by atomic mass is 16.5. The Morgan fingerprint density at radius 1 is 1.37 bits per heavy atom. The number of esters is 1. The number of carbonyl (C=O) groups is 1. The maximum atomic E-state index is 12.2. The summed E-state index contributed by atoms with van der Waals surface area (Å²) in [6.45, 7) is 7.62. The van der Waals surface area contributed by atoms with Crippen molar-refractivity contribution >= 4 is 5.97 Å². The summed E-state index contributed by atoms with van der Waals surface area (Å²) in [5, 5.41) is 3.28. The van der Waals surface area contributed by atoms with Crippen LogP contribution >= 0.6 is 0 Å². The molecule has 0 radical (unpaired) electrons. The molecular formula is C15H28N2O2. The molecule has 1 atom stereocenters. The summed E-state index contributed by atoms with van der Waals surface area (Å²) in [7, 11) is 3.39. The SMILES string of the molecule is CNC(CN1CCC(C)(C)CC1)(C(=O)OC)C1CC1. The van der Waals surface area contributed by atoms with E-state index in [0.29, 0.717) is 11.3 Å². The molecule has 110 valence electrons. The molecule has 0 aromatic carbocycles. The Labute approximate surface area is 116 Å². The minimum Gasteiger partial charge on any atom is -0.468 e. The molecule has 1 heterocycles. The Morgan fingerprint density at radius 2 is 1.95 bits per heavy atom. The Hall–Kier alpha value is -0.610. The van der Waals surface area contributed by atoms with Crippen molar-refractivity contribution < 1.29 is 9.53 Å². The van der Waals surface area contributed by atoms with Crippen molar-refractivity contribution in [3.63, 3.8) is 0 Å². The molecule has 0 aromatic heterocycles. The number of likely N-dealkylation sites (tertiary alicyclic amines) is 1. The molecule has 4 heteroatoms. The van der Waals surface area contributed by atoms with E-state index in [1.165, 1.54) is 20.0 Å². The highest BCUT2D eigenvalue weighted by Crippen LogP contribution is 2.41. The van der Waals surface area contributed by atoms with Crippen LogP contribution in [0.1, 0.15) is 39.5 Å². The van der Waals surface area contributed by atoms with Crippen LogP contribution < -0.4 is 5.32 Å². The van der Waals surface area contributed by atoms with Gasteiger partial charge in [0.2, 0.25) is 0 Å². The van der Waals surface area contributed by atoms with Gasteiger partial charge in [0.15, 0.2) is 0 Å². The smallest absolute Gasteiger partial charge is 0.327 e. The van der Waals surface area contributed by atoms with E-state index in [2.05, 4.69) is 24.1 Å². The third-order valence-corrected chi connectivity index (χ3v) is 4.95. The van der Waals surface area contributed by atoms with Gasteiger partial charge in [0.1, 0.15) is 5.54 Å². The number of rotatable bonds is 5. The number of piperidine rings is 1. The summed E-state index contributed by atoms with van der Waals surface area (Å²) in [5.74, 6) is 0.349. The van der Waals surface area contributed by atoms with Gasteiger partial charge in [-0.1, -0.05) is 13.8 Å². The second-order valence-electron chi connectivity index (χ2n) is 6.93. The molecule has 1 aliphatic carbocycles. The number of ether oxygens (including phenoxy) is 1. The summed E-state index contributed by atoms with van der Waals surface area (Å²) in [5.41, 5.74) is -0.0418. The van der Waals surface area contributed by atoms with Crippen molar-refractivity contribution in [2.75, 3.05) is 33.8 Å². The molecule has 0 bridgehead atoms. The molecule has 1 N–H and O–H groups in total. The van der Waals surface area contributed by atoms with Crippen molar-refractivity contribution in [2.45, 2.75) is 45.1 Å². The van der Waals surface area contributed by atoms with E-state index in [4.69, 9.17) is 4.74 Å². The average Bonchev–Trinajstić information content (AvgIpc) is 3.22. The molecule has 1 unspecified atom stereocenters. The third-order valence-electron chi connectivity index (χ3n) is 4.95. The number of methoxy groups -OCH3 is 1. The van der Waals surface area contributed by atoms with E-state index in [1.54, 1.807) is 0 Å². The average molecular weight is 268 g/mol. The van der Waals surface area contributed by atoms with E-state index in [-0.39, 0.29) is 5.97 Å². The maximum absolute atomic E-state index is 12.2. The number of carbonyl (C=O) groups excluding carboxylic acids is 1. The predicted octanol–water partition coefficient (Wildman–Crippen LogP) is 1.65. The lowest BCUT2D eigenvalue weighted by atomic mass is 9.81. The summed E-state index contributed by atoms with van der Waals surface area (Å²) in [4.78, 5) is 14.7. The molecule has 0 aromatic rings. The lowest BCUT2D eigenvalue weighted by molar-refractivity contribution is -0.150. The van der Waals surface area contributed by atoms with Crippen LogP contribution in [0.5, 0.6) is 0 Å². The van der Waals surface area contributed by atoms with Crippen LogP contribution in [0.3, 0.4) is 0 Å². The summed E-state index contributed by atoms with van der Waals surface area (Å²) in [6, 6.07) is 0. The van der Waals surface area contributed by atoms with Gasteiger partial charge in [-0.15, -0.1) is 0 Å². The monoisotopic (exact) mass is 268 g/mol. The summed E-state index contributed by atoms with van der Waals surface area (Å²) < 4.78 is 5.06. The van der Waals surface area contributed by atoms with Gasteiger partial charge in [-0.05, 0) is 57.2 Å². The van der Waals surface area contributed by atoms with Crippen molar-refractivity contribution in [2.24, 2.45) is 11.3 Å². The molecule has 2 fully saturated rings. The molecule has 19 heavy (non-hydrogen) atoms. The van der Waals surface area contributed by atoms with E-state index in [9.17, 15) is 4.79 Å². The van der Waals surface area contributed by atoms with E-state index < -0.39 is 5.54 Å². The van der Waals surface area contributed by atoms with E-state index in [0.717, 1.165) is 32.5 Å². The van der Waals surface area contributed by atoms with Gasteiger partial charge >= 0.3 is 5.97 Å². The zero-order chi connectivity index (χ0) is 14.1. The first kappa shape index (κ1) is 14.8. The zero-order valence-corrected chi connectivity index (χ0v) is 12.8. The predicted molar refractivity (Wildman–Crippen MR) is 76.0 cm³/mol. The van der Waals surface area contributed by atoms with Gasteiger partial charge in [0, 0.05) is 6.54 Å². The maximum Gasteiger partial charge on any atom is 0.327 e. The molecular weight excluding hydrogens is 240 g/mol. The highest BCUT2D eigenvalue weighted by Gasteiger charge is 2.52. The van der Waals surface area contributed by atoms with Gasteiger partial charge in [0.25, 0.3) is 0 Å². The normalized spacial score (nSPS) is 26.7. The largest absolute Gasteiger partial charge is 0.468 e. The molecule has 1 saturated heterocycles. The lowest BCUT2D eigenvalue weighted by Crippen LogP contribution is -2.61. The van der Waals surface area contributed by atoms with Gasteiger partial charge in [-0.2, -0.15) is 0 Å². The number of nitrogens with zero attached hydrogens (tertiary/aromatic N) is 1. The molecule has 1 saturated carbocycles. The van der Waals surface area contributed by atoms with Crippen LogP contribution in [-0.4, -0.2) is 50.2 Å². The summed E-state index contributed by atoms with van der Waals surface area (Å²) in [6.07, 6.45) is 4.68. The lowest BCUT2D eigenvalue weighted by Gasteiger charge is -2.42. The Bertz CT molecular complexity index is 329. The molecule has 0 amide bonds. The van der Waals surface area contributed by atoms with Crippen LogP contribution in [-0.2, 0) is 9.53 Å². The van der Waals surface area contributed by atoms with Gasteiger partial charge in [-0.25, -0.2) is 4.79 Å². The van der Waals surface area contributed by atoms with Crippen LogP contribution in [0.4, 0.5) is 0 Å². The fourth-order valence-corrected chi connectivity index (χ4v) is 3.17. The molecule has 0 spiro atoms. The van der Waals surface area contributed by atoms with E-state index >= 15 is 0 Å². The summed E-state index contributed by atoms with van der Waals surface area (Å²) >= 11 is 0. The Morgan fingerprint density at radius 3 is 2.37 bits per heavy atom.